The lowest BCUT2D eigenvalue weighted by atomic mass is 9.51. The molecule has 0 aromatic heterocycles. The second-order valence-electron chi connectivity index (χ2n) is 9.61. The van der Waals surface area contributed by atoms with Crippen LogP contribution in [-0.2, 0) is 9.59 Å². The van der Waals surface area contributed by atoms with E-state index in [4.69, 9.17) is 0 Å². The average Bonchev–Trinajstić information content (AvgIpc) is 2.92. The van der Waals surface area contributed by atoms with Crippen molar-refractivity contribution < 1.29 is 14.7 Å². The van der Waals surface area contributed by atoms with E-state index in [2.05, 4.69) is 42.7 Å². The summed E-state index contributed by atoms with van der Waals surface area (Å²) in [6, 6.07) is 0.0194. The van der Waals surface area contributed by atoms with Gasteiger partial charge in [-0.1, -0.05) is 43.7 Å². The van der Waals surface area contributed by atoms with Crippen LogP contribution in [0.3, 0.4) is 0 Å². The highest BCUT2D eigenvalue weighted by atomic mass is 16.3. The number of hydrogen-bond acceptors (Lipinski definition) is 3. The van der Waals surface area contributed by atoms with Crippen molar-refractivity contribution in [2.75, 3.05) is 0 Å². The van der Waals surface area contributed by atoms with Crippen molar-refractivity contribution in [1.82, 2.24) is 10.6 Å². The number of nitrogens with one attached hydrogen (secondary N) is 2. The smallest absolute Gasteiger partial charge is 0.217 e. The number of allylic oxidation sites excluding steroid dienone is 3. The average molecular weight is 385 g/mol. The highest BCUT2D eigenvalue weighted by molar-refractivity contribution is 5.74. The summed E-state index contributed by atoms with van der Waals surface area (Å²) in [5.74, 6) is 0.515. The molecule has 0 bridgehead atoms. The Hall–Kier alpha value is -1.88. The summed E-state index contributed by atoms with van der Waals surface area (Å²) in [5, 5.41) is 16.5. The molecule has 5 heteroatoms. The van der Waals surface area contributed by atoms with Gasteiger partial charge in [-0.25, -0.2) is 0 Å². The maximum atomic E-state index is 12.0. The van der Waals surface area contributed by atoms with E-state index in [0.29, 0.717) is 5.92 Å². The molecule has 0 unspecified atom stereocenters. The fourth-order valence-corrected chi connectivity index (χ4v) is 6.33. The molecule has 152 valence electrons. The molecule has 4 rings (SSSR count). The van der Waals surface area contributed by atoms with E-state index in [1.807, 2.05) is 6.08 Å². The zero-order chi connectivity index (χ0) is 20.3. The van der Waals surface area contributed by atoms with Crippen molar-refractivity contribution in [2.45, 2.75) is 71.6 Å². The Bertz CT molecular complexity index is 798. The van der Waals surface area contributed by atoms with E-state index in [0.717, 1.165) is 25.7 Å². The summed E-state index contributed by atoms with van der Waals surface area (Å²) in [4.78, 5) is 23.7. The van der Waals surface area contributed by atoms with E-state index < -0.39 is 6.10 Å². The first kappa shape index (κ1) is 19.4. The van der Waals surface area contributed by atoms with Gasteiger partial charge in [0, 0.05) is 30.6 Å². The highest BCUT2D eigenvalue weighted by Crippen LogP contribution is 2.60. The molecule has 0 heterocycles. The van der Waals surface area contributed by atoms with Gasteiger partial charge < -0.3 is 15.7 Å². The van der Waals surface area contributed by atoms with E-state index in [1.54, 1.807) is 13.8 Å². The lowest BCUT2D eigenvalue weighted by Crippen LogP contribution is -2.54. The number of aliphatic hydroxyl groups excluding tert-OH is 1. The van der Waals surface area contributed by atoms with Crippen LogP contribution in [0, 0.1) is 22.7 Å². The summed E-state index contributed by atoms with van der Waals surface area (Å²) < 4.78 is 0. The fourth-order valence-electron chi connectivity index (χ4n) is 6.33. The number of aliphatic hydroxyl groups is 1. The maximum Gasteiger partial charge on any atom is 0.217 e. The molecule has 28 heavy (non-hydrogen) atoms. The van der Waals surface area contributed by atoms with Gasteiger partial charge >= 0.3 is 0 Å². The first-order chi connectivity index (χ1) is 13.1. The third kappa shape index (κ3) is 2.86. The molecular formula is C23H32N2O3. The Labute approximate surface area is 167 Å². The zero-order valence-corrected chi connectivity index (χ0v) is 17.3. The number of carbonyl (C=O) groups excluding carboxylic acids is 2. The fraction of sp³-hybridized carbons (Fsp3) is 0.652. The Morgan fingerprint density at radius 2 is 1.79 bits per heavy atom. The number of hydrogen-bond donors (Lipinski definition) is 3. The van der Waals surface area contributed by atoms with Gasteiger partial charge in [-0.05, 0) is 37.2 Å². The van der Waals surface area contributed by atoms with Crippen molar-refractivity contribution in [3.63, 3.8) is 0 Å². The molecule has 5 nitrogen and oxygen atoms in total. The van der Waals surface area contributed by atoms with E-state index in [-0.39, 0.29) is 40.6 Å². The number of carbonyl (C=O) groups is 2. The van der Waals surface area contributed by atoms with Gasteiger partial charge in [0.1, 0.15) is 0 Å². The van der Waals surface area contributed by atoms with Crippen molar-refractivity contribution in [1.29, 1.82) is 0 Å². The zero-order valence-electron chi connectivity index (χ0n) is 17.3. The minimum absolute atomic E-state index is 0.00497. The van der Waals surface area contributed by atoms with Gasteiger partial charge in [0.15, 0.2) is 0 Å². The normalized spacial score (nSPS) is 43.8. The molecule has 0 fully saturated rings. The van der Waals surface area contributed by atoms with Crippen LogP contribution >= 0.6 is 0 Å². The van der Waals surface area contributed by atoms with E-state index in [9.17, 15) is 14.7 Å². The summed E-state index contributed by atoms with van der Waals surface area (Å²) >= 11 is 0. The van der Waals surface area contributed by atoms with Crippen LogP contribution in [0.2, 0.25) is 0 Å². The Morgan fingerprint density at radius 3 is 2.46 bits per heavy atom. The third-order valence-electron chi connectivity index (χ3n) is 7.83. The SMILES string of the molecule is CC(=O)N[C@H]1C[C@@H]2C[C@@H](O)C=C[C@]2(C)C2=C1[C@@H]1C=C[C@H](NC(C)=O)[C@@]1(C)CC2. The molecule has 0 aromatic rings. The van der Waals surface area contributed by atoms with Crippen LogP contribution in [-0.4, -0.2) is 35.1 Å². The molecule has 0 radical (unpaired) electrons. The quantitative estimate of drug-likeness (QED) is 0.641. The molecule has 0 aliphatic heterocycles. The first-order valence-corrected chi connectivity index (χ1v) is 10.5. The summed E-state index contributed by atoms with van der Waals surface area (Å²) in [6.45, 7) is 7.71. The second kappa shape index (κ2) is 6.58. The Kier molecular flexibility index (Phi) is 4.57. The standard InChI is InChI=1S/C23H32N2O3/c1-13(26)24-19-12-15-11-16(28)7-9-22(15,3)18-8-10-23(4)17(21(18)19)5-6-20(23)25-14(2)27/h5-7,9,15-17,19-20,28H,8,10-12H2,1-4H3,(H,24,26)(H,25,27)/t15-,16-,17-,19-,20-,22-,23-/m0/s1. The highest BCUT2D eigenvalue weighted by Gasteiger charge is 2.55. The van der Waals surface area contributed by atoms with Crippen molar-refractivity contribution in [2.24, 2.45) is 22.7 Å². The number of amides is 2. The lowest BCUT2D eigenvalue weighted by molar-refractivity contribution is -0.120. The molecule has 4 aliphatic carbocycles. The molecule has 7 atom stereocenters. The van der Waals surface area contributed by atoms with Gasteiger partial charge in [0.25, 0.3) is 0 Å². The summed E-state index contributed by atoms with van der Waals surface area (Å²) in [5.41, 5.74) is 2.64. The van der Waals surface area contributed by atoms with Gasteiger partial charge in [0.05, 0.1) is 18.2 Å². The van der Waals surface area contributed by atoms with Crippen molar-refractivity contribution >= 4 is 11.8 Å². The first-order valence-electron chi connectivity index (χ1n) is 10.5. The van der Waals surface area contributed by atoms with Gasteiger partial charge in [-0.3, -0.25) is 9.59 Å². The van der Waals surface area contributed by atoms with Crippen molar-refractivity contribution in [3.8, 4) is 0 Å². The Balaban J connectivity index is 1.80. The van der Waals surface area contributed by atoms with Crippen LogP contribution in [0.1, 0.15) is 53.4 Å². The second-order valence-corrected chi connectivity index (χ2v) is 9.61. The van der Waals surface area contributed by atoms with Gasteiger partial charge in [-0.15, -0.1) is 0 Å². The summed E-state index contributed by atoms with van der Waals surface area (Å²) in [7, 11) is 0. The van der Waals surface area contributed by atoms with E-state index >= 15 is 0 Å². The minimum atomic E-state index is -0.400. The van der Waals surface area contributed by atoms with Crippen molar-refractivity contribution in [3.05, 3.63) is 35.5 Å². The molecular weight excluding hydrogens is 352 g/mol. The van der Waals surface area contributed by atoms with Crippen LogP contribution < -0.4 is 10.6 Å². The Morgan fingerprint density at radius 1 is 1.07 bits per heavy atom. The molecule has 0 spiro atoms. The van der Waals surface area contributed by atoms with Crippen LogP contribution in [0.4, 0.5) is 0 Å². The van der Waals surface area contributed by atoms with Crippen LogP contribution in [0.5, 0.6) is 0 Å². The number of rotatable bonds is 2. The van der Waals surface area contributed by atoms with Gasteiger partial charge in [-0.2, -0.15) is 0 Å². The predicted molar refractivity (Wildman–Crippen MR) is 108 cm³/mol. The van der Waals surface area contributed by atoms with Crippen LogP contribution in [0.15, 0.2) is 35.5 Å². The largest absolute Gasteiger partial charge is 0.389 e. The lowest BCUT2D eigenvalue weighted by Gasteiger charge is -2.55. The molecule has 0 aromatic carbocycles. The van der Waals surface area contributed by atoms with Crippen LogP contribution in [0.25, 0.3) is 0 Å². The predicted octanol–water partition coefficient (Wildman–Crippen LogP) is 2.63. The van der Waals surface area contributed by atoms with Gasteiger partial charge in [0.2, 0.25) is 11.8 Å². The van der Waals surface area contributed by atoms with E-state index in [1.165, 1.54) is 11.1 Å². The minimum Gasteiger partial charge on any atom is -0.389 e. The number of fused-ring (bicyclic) bond motifs is 4. The third-order valence-corrected chi connectivity index (χ3v) is 7.83. The molecule has 2 amide bonds. The molecule has 0 saturated carbocycles. The topological polar surface area (TPSA) is 78.4 Å². The monoisotopic (exact) mass is 384 g/mol. The summed E-state index contributed by atoms with van der Waals surface area (Å²) in [6.07, 6.45) is 11.7. The molecule has 0 saturated heterocycles. The molecule has 3 N–H and O–H groups in total. The molecule has 4 aliphatic rings. The maximum absolute atomic E-state index is 12.0.